The molecule has 0 spiro atoms. The molecule has 1 aliphatic rings. The normalized spacial score (nSPS) is 20.1. The minimum absolute atomic E-state index is 0.0834. The molecule has 20 heavy (non-hydrogen) atoms. The lowest BCUT2D eigenvalue weighted by atomic mass is 10.1. The van der Waals surface area contributed by atoms with Gasteiger partial charge in [-0.1, -0.05) is 19.1 Å². The van der Waals surface area contributed by atoms with E-state index in [0.29, 0.717) is 0 Å². The van der Waals surface area contributed by atoms with E-state index in [1.54, 1.807) is 18.2 Å². The zero-order valence-corrected chi connectivity index (χ0v) is 11.7. The number of carbonyl (C=O) groups excluding carboxylic acids is 2. The van der Waals surface area contributed by atoms with Gasteiger partial charge in [0.2, 0.25) is 11.8 Å². The number of hydrogen-bond acceptors (Lipinski definition) is 2. The minimum Gasteiger partial charge on any atom is -0.353 e. The average Bonchev–Trinajstić information content (AvgIpc) is 2.81. The molecule has 2 atom stereocenters. The van der Waals surface area contributed by atoms with E-state index in [1.165, 1.54) is 11.0 Å². The first-order valence-corrected chi connectivity index (χ1v) is 6.88. The number of para-hydroxylation sites is 1. The van der Waals surface area contributed by atoms with Crippen molar-refractivity contribution in [2.24, 2.45) is 5.92 Å². The second kappa shape index (κ2) is 6.03. The van der Waals surface area contributed by atoms with E-state index in [9.17, 15) is 14.0 Å². The van der Waals surface area contributed by atoms with Gasteiger partial charge < -0.3 is 10.2 Å². The Kier molecular flexibility index (Phi) is 4.37. The Morgan fingerprint density at radius 1 is 1.50 bits per heavy atom. The summed E-state index contributed by atoms with van der Waals surface area (Å²) in [6, 6.07) is 6.21. The first-order valence-electron chi connectivity index (χ1n) is 6.88. The summed E-state index contributed by atoms with van der Waals surface area (Å²) in [5.74, 6) is -1.19. The number of nitrogens with zero attached hydrogens (tertiary/aromatic N) is 1. The number of amides is 2. The molecule has 1 aromatic rings. The number of benzene rings is 1. The van der Waals surface area contributed by atoms with Gasteiger partial charge in [0.1, 0.15) is 5.82 Å². The zero-order valence-electron chi connectivity index (χ0n) is 11.7. The fourth-order valence-corrected chi connectivity index (χ4v) is 2.25. The molecule has 1 aliphatic heterocycles. The Bertz CT molecular complexity index is 518. The predicted octanol–water partition coefficient (Wildman–Crippen LogP) is 2.09. The number of hydrogen-bond donors (Lipinski definition) is 1. The molecule has 5 heteroatoms. The van der Waals surface area contributed by atoms with Gasteiger partial charge in [0.25, 0.3) is 0 Å². The van der Waals surface area contributed by atoms with Crippen LogP contribution in [0.3, 0.4) is 0 Å². The van der Waals surface area contributed by atoms with Crippen molar-refractivity contribution in [2.75, 3.05) is 11.4 Å². The summed E-state index contributed by atoms with van der Waals surface area (Å²) in [4.78, 5) is 25.4. The zero-order chi connectivity index (χ0) is 14.7. The first-order chi connectivity index (χ1) is 9.52. The third-order valence-electron chi connectivity index (χ3n) is 3.64. The molecule has 1 fully saturated rings. The van der Waals surface area contributed by atoms with Crippen molar-refractivity contribution in [1.82, 2.24) is 5.32 Å². The van der Waals surface area contributed by atoms with Crippen molar-refractivity contribution >= 4 is 17.5 Å². The average molecular weight is 278 g/mol. The molecule has 1 heterocycles. The van der Waals surface area contributed by atoms with Crippen LogP contribution in [0.15, 0.2) is 24.3 Å². The molecular formula is C15H19FN2O2. The Morgan fingerprint density at radius 2 is 2.20 bits per heavy atom. The van der Waals surface area contributed by atoms with E-state index in [-0.39, 0.29) is 36.5 Å². The molecule has 0 aromatic heterocycles. The number of carbonyl (C=O) groups is 2. The lowest BCUT2D eigenvalue weighted by Crippen LogP contribution is -2.38. The lowest BCUT2D eigenvalue weighted by Gasteiger charge is -2.18. The van der Waals surface area contributed by atoms with E-state index in [1.807, 2.05) is 13.8 Å². The lowest BCUT2D eigenvalue weighted by molar-refractivity contribution is -0.126. The second-order valence-electron chi connectivity index (χ2n) is 5.17. The van der Waals surface area contributed by atoms with Gasteiger partial charge in [-0.25, -0.2) is 4.39 Å². The standard InChI is InChI=1S/C15H19FN2O2/c1-3-10(2)17-15(20)11-8-14(19)18(9-11)13-7-5-4-6-12(13)16/h4-7,10-11H,3,8-9H2,1-2H3,(H,17,20). The summed E-state index contributed by atoms with van der Waals surface area (Å²) < 4.78 is 13.7. The van der Waals surface area contributed by atoms with Crippen molar-refractivity contribution in [3.05, 3.63) is 30.1 Å². The molecule has 0 saturated carbocycles. The van der Waals surface area contributed by atoms with Gasteiger partial charge in [-0.3, -0.25) is 9.59 Å². The first kappa shape index (κ1) is 14.5. The smallest absolute Gasteiger partial charge is 0.227 e. The van der Waals surface area contributed by atoms with Gasteiger partial charge in [-0.05, 0) is 25.5 Å². The Morgan fingerprint density at radius 3 is 2.85 bits per heavy atom. The van der Waals surface area contributed by atoms with E-state index in [4.69, 9.17) is 0 Å². The maximum absolute atomic E-state index is 13.7. The number of nitrogens with one attached hydrogen (secondary N) is 1. The fraction of sp³-hybridized carbons (Fsp3) is 0.467. The van der Waals surface area contributed by atoms with Gasteiger partial charge in [0.05, 0.1) is 11.6 Å². The van der Waals surface area contributed by atoms with Crippen LogP contribution < -0.4 is 10.2 Å². The highest BCUT2D eigenvalue weighted by atomic mass is 19.1. The van der Waals surface area contributed by atoms with Crippen LogP contribution in [0.2, 0.25) is 0 Å². The highest BCUT2D eigenvalue weighted by Crippen LogP contribution is 2.27. The van der Waals surface area contributed by atoms with Crippen LogP contribution in [0.5, 0.6) is 0 Å². The van der Waals surface area contributed by atoms with Crippen LogP contribution in [-0.2, 0) is 9.59 Å². The summed E-state index contributed by atoms with van der Waals surface area (Å²) in [6.45, 7) is 4.14. The minimum atomic E-state index is -0.441. The summed E-state index contributed by atoms with van der Waals surface area (Å²) >= 11 is 0. The number of rotatable bonds is 4. The molecule has 0 radical (unpaired) electrons. The van der Waals surface area contributed by atoms with Crippen LogP contribution in [0.4, 0.5) is 10.1 Å². The maximum atomic E-state index is 13.7. The molecular weight excluding hydrogens is 259 g/mol. The van der Waals surface area contributed by atoms with E-state index in [0.717, 1.165) is 6.42 Å². The Labute approximate surface area is 118 Å². The van der Waals surface area contributed by atoms with Crippen molar-refractivity contribution < 1.29 is 14.0 Å². The Hall–Kier alpha value is -1.91. The fourth-order valence-electron chi connectivity index (χ4n) is 2.25. The van der Waals surface area contributed by atoms with E-state index in [2.05, 4.69) is 5.32 Å². The predicted molar refractivity (Wildman–Crippen MR) is 74.8 cm³/mol. The number of halogens is 1. The van der Waals surface area contributed by atoms with Gasteiger partial charge in [-0.2, -0.15) is 0 Å². The SMILES string of the molecule is CCC(C)NC(=O)C1CC(=O)N(c2ccccc2F)C1. The molecule has 108 valence electrons. The van der Waals surface area contributed by atoms with Gasteiger partial charge in [0, 0.05) is 19.0 Å². The van der Waals surface area contributed by atoms with Crippen molar-refractivity contribution in [2.45, 2.75) is 32.7 Å². The van der Waals surface area contributed by atoms with Crippen molar-refractivity contribution in [3.8, 4) is 0 Å². The van der Waals surface area contributed by atoms with Gasteiger partial charge in [0.15, 0.2) is 0 Å². The van der Waals surface area contributed by atoms with Crippen LogP contribution >= 0.6 is 0 Å². The molecule has 2 amide bonds. The van der Waals surface area contributed by atoms with Crippen LogP contribution in [0.25, 0.3) is 0 Å². The monoisotopic (exact) mass is 278 g/mol. The van der Waals surface area contributed by atoms with E-state index >= 15 is 0 Å². The van der Waals surface area contributed by atoms with Gasteiger partial charge >= 0.3 is 0 Å². The third kappa shape index (κ3) is 2.98. The quantitative estimate of drug-likeness (QED) is 0.917. The molecule has 1 saturated heterocycles. The van der Waals surface area contributed by atoms with Crippen LogP contribution in [0, 0.1) is 11.7 Å². The highest BCUT2D eigenvalue weighted by molar-refractivity contribution is 6.00. The largest absolute Gasteiger partial charge is 0.353 e. The maximum Gasteiger partial charge on any atom is 0.227 e. The molecule has 4 nitrogen and oxygen atoms in total. The van der Waals surface area contributed by atoms with Crippen molar-refractivity contribution in [3.63, 3.8) is 0 Å². The van der Waals surface area contributed by atoms with E-state index < -0.39 is 11.7 Å². The van der Waals surface area contributed by atoms with Gasteiger partial charge in [-0.15, -0.1) is 0 Å². The number of anilines is 1. The summed E-state index contributed by atoms with van der Waals surface area (Å²) in [7, 11) is 0. The molecule has 0 bridgehead atoms. The summed E-state index contributed by atoms with van der Waals surface area (Å²) in [5.41, 5.74) is 0.247. The topological polar surface area (TPSA) is 49.4 Å². The molecule has 0 aliphatic carbocycles. The molecule has 1 N–H and O–H groups in total. The molecule has 2 unspecified atom stereocenters. The summed E-state index contributed by atoms with van der Waals surface area (Å²) in [6.07, 6.45) is 0.972. The third-order valence-corrected chi connectivity index (χ3v) is 3.64. The van der Waals surface area contributed by atoms with Crippen molar-refractivity contribution in [1.29, 1.82) is 0 Å². The highest BCUT2D eigenvalue weighted by Gasteiger charge is 2.36. The molecule has 1 aromatic carbocycles. The molecule has 2 rings (SSSR count). The van der Waals surface area contributed by atoms with Crippen LogP contribution in [0.1, 0.15) is 26.7 Å². The Balaban J connectivity index is 2.08. The second-order valence-corrected chi connectivity index (χ2v) is 5.17. The van der Waals surface area contributed by atoms with Crippen LogP contribution in [-0.4, -0.2) is 24.4 Å². The summed E-state index contributed by atoms with van der Waals surface area (Å²) in [5, 5.41) is 2.87.